The fourth-order valence-corrected chi connectivity index (χ4v) is 5.53. The van der Waals surface area contributed by atoms with Gasteiger partial charge in [-0.2, -0.15) is 5.10 Å². The number of hydrogen-bond acceptors (Lipinski definition) is 7. The van der Waals surface area contributed by atoms with Crippen LogP contribution in [0.25, 0.3) is 22.4 Å². The Bertz CT molecular complexity index is 1360. The molecular formula is C24H27FN5O3P. The average molecular weight is 483 g/mol. The van der Waals surface area contributed by atoms with Gasteiger partial charge in [-0.1, -0.05) is 36.4 Å². The molecule has 0 saturated carbocycles. The molecule has 0 amide bonds. The lowest BCUT2D eigenvalue weighted by Gasteiger charge is -2.23. The van der Waals surface area contributed by atoms with E-state index < -0.39 is 7.60 Å². The van der Waals surface area contributed by atoms with Crippen LogP contribution in [0.5, 0.6) is 0 Å². The van der Waals surface area contributed by atoms with Crippen LogP contribution in [0.3, 0.4) is 0 Å². The highest BCUT2D eigenvalue weighted by Crippen LogP contribution is 2.50. The summed E-state index contributed by atoms with van der Waals surface area (Å²) in [4.78, 5) is 8.80. The zero-order chi connectivity index (χ0) is 24.5. The van der Waals surface area contributed by atoms with Crippen molar-refractivity contribution in [3.8, 4) is 11.5 Å². The maximum atomic E-state index is 14.3. The minimum atomic E-state index is -3.74. The van der Waals surface area contributed by atoms with E-state index in [-0.39, 0.29) is 41.5 Å². The number of nitrogens with two attached hydrogens (primary N) is 1. The molecule has 0 aliphatic rings. The highest BCUT2D eigenvalue weighted by atomic mass is 31.2. The molecule has 2 aromatic carbocycles. The molecule has 0 aliphatic heterocycles. The van der Waals surface area contributed by atoms with Crippen molar-refractivity contribution in [3.05, 3.63) is 66.1 Å². The van der Waals surface area contributed by atoms with Crippen molar-refractivity contribution in [2.45, 2.75) is 46.4 Å². The molecule has 0 fully saturated rings. The SMILES string of the molecule is CC(C)OP(=O)(OC(C)C)c1cnc(-c2nn(Cc3ccccc3F)c3ccccc23)nc1N. The normalized spacial score (nSPS) is 12.2. The molecule has 2 heterocycles. The van der Waals surface area contributed by atoms with Crippen LogP contribution in [0.15, 0.2) is 54.7 Å². The first kappa shape index (κ1) is 24.0. The Morgan fingerprint density at radius 2 is 1.68 bits per heavy atom. The van der Waals surface area contributed by atoms with Gasteiger partial charge in [-0.05, 0) is 39.8 Å². The molecule has 8 nitrogen and oxygen atoms in total. The van der Waals surface area contributed by atoms with Gasteiger partial charge >= 0.3 is 7.60 Å². The number of halogens is 1. The van der Waals surface area contributed by atoms with Crippen LogP contribution in [-0.4, -0.2) is 32.0 Å². The molecule has 0 saturated heterocycles. The summed E-state index contributed by atoms with van der Waals surface area (Å²) < 4.78 is 40.7. The predicted octanol–water partition coefficient (Wildman–Crippen LogP) is 4.93. The molecule has 178 valence electrons. The van der Waals surface area contributed by atoms with Crippen molar-refractivity contribution in [1.82, 2.24) is 19.7 Å². The molecule has 0 aliphatic carbocycles. The number of nitrogens with zero attached hydrogens (tertiary/aromatic N) is 4. The molecule has 10 heteroatoms. The zero-order valence-corrected chi connectivity index (χ0v) is 20.4. The lowest BCUT2D eigenvalue weighted by atomic mass is 10.2. The number of rotatable bonds is 8. The quantitative estimate of drug-likeness (QED) is 0.354. The summed E-state index contributed by atoms with van der Waals surface area (Å²) in [6, 6.07) is 14.1. The number of aromatic nitrogens is 4. The molecule has 0 atom stereocenters. The summed E-state index contributed by atoms with van der Waals surface area (Å²) in [5.41, 5.74) is 8.01. The summed E-state index contributed by atoms with van der Waals surface area (Å²) in [5, 5.41) is 5.55. The zero-order valence-electron chi connectivity index (χ0n) is 19.5. The van der Waals surface area contributed by atoms with E-state index in [2.05, 4.69) is 15.1 Å². The van der Waals surface area contributed by atoms with Crippen LogP contribution < -0.4 is 11.0 Å². The third kappa shape index (κ3) is 4.87. The summed E-state index contributed by atoms with van der Waals surface area (Å²) in [5.74, 6) is -0.0627. The highest BCUT2D eigenvalue weighted by molar-refractivity contribution is 7.62. The maximum absolute atomic E-state index is 14.3. The van der Waals surface area contributed by atoms with E-state index in [0.717, 1.165) is 10.9 Å². The van der Waals surface area contributed by atoms with Gasteiger partial charge < -0.3 is 14.8 Å². The monoisotopic (exact) mass is 483 g/mol. The summed E-state index contributed by atoms with van der Waals surface area (Å²) in [6.07, 6.45) is 0.650. The standard InChI is InChI=1S/C24H27FN5O3P/c1-15(2)32-34(31,33-16(3)4)21-13-27-24(28-23(21)26)22-18-10-6-8-12-20(18)30(29-22)14-17-9-5-7-11-19(17)25/h5-13,15-16H,14H2,1-4H3,(H2,26,27,28). The first-order valence-corrected chi connectivity index (χ1v) is 12.5. The molecule has 0 bridgehead atoms. The predicted molar refractivity (Wildman–Crippen MR) is 130 cm³/mol. The molecule has 2 aromatic heterocycles. The van der Waals surface area contributed by atoms with Gasteiger partial charge in [-0.3, -0.25) is 9.25 Å². The van der Waals surface area contributed by atoms with Gasteiger partial charge in [0.15, 0.2) is 5.82 Å². The van der Waals surface area contributed by atoms with Crippen LogP contribution >= 0.6 is 7.60 Å². The lowest BCUT2D eigenvalue weighted by Crippen LogP contribution is -2.21. The van der Waals surface area contributed by atoms with Gasteiger partial charge in [0.25, 0.3) is 0 Å². The van der Waals surface area contributed by atoms with Crippen molar-refractivity contribution in [2.75, 3.05) is 5.73 Å². The number of anilines is 1. The van der Waals surface area contributed by atoms with Crippen LogP contribution in [0.1, 0.15) is 33.3 Å². The van der Waals surface area contributed by atoms with Crippen LogP contribution in [0, 0.1) is 5.82 Å². The van der Waals surface area contributed by atoms with Crippen molar-refractivity contribution < 1.29 is 18.0 Å². The van der Waals surface area contributed by atoms with Crippen LogP contribution in [0.4, 0.5) is 10.2 Å². The molecule has 2 N–H and O–H groups in total. The van der Waals surface area contributed by atoms with E-state index >= 15 is 0 Å². The molecule has 4 aromatic rings. The Labute approximate surface area is 197 Å². The van der Waals surface area contributed by atoms with E-state index in [0.29, 0.717) is 11.3 Å². The molecule has 4 rings (SSSR count). The average Bonchev–Trinajstić information content (AvgIpc) is 3.12. The summed E-state index contributed by atoms with van der Waals surface area (Å²) >= 11 is 0. The fourth-order valence-electron chi connectivity index (χ4n) is 3.61. The second-order valence-corrected chi connectivity index (χ2v) is 10.3. The van der Waals surface area contributed by atoms with Gasteiger partial charge in [0.2, 0.25) is 0 Å². The Kier molecular flexibility index (Phi) is 6.79. The summed E-state index contributed by atoms with van der Waals surface area (Å²) in [6.45, 7) is 7.28. The van der Waals surface area contributed by atoms with Crippen molar-refractivity contribution >= 4 is 29.6 Å². The second kappa shape index (κ2) is 9.62. The first-order valence-electron chi connectivity index (χ1n) is 11.0. The molecule has 0 spiro atoms. The number of nitrogen functional groups attached to an aromatic ring is 1. The van der Waals surface area contributed by atoms with E-state index in [1.165, 1.54) is 12.3 Å². The van der Waals surface area contributed by atoms with Crippen molar-refractivity contribution in [2.24, 2.45) is 0 Å². The lowest BCUT2D eigenvalue weighted by molar-refractivity contribution is 0.150. The molecular weight excluding hydrogens is 456 g/mol. The second-order valence-electron chi connectivity index (χ2n) is 8.38. The van der Waals surface area contributed by atoms with Gasteiger partial charge in [-0.15, -0.1) is 0 Å². The molecule has 0 radical (unpaired) electrons. The van der Waals surface area contributed by atoms with E-state index in [9.17, 15) is 8.96 Å². The number of hydrogen-bond donors (Lipinski definition) is 1. The third-order valence-corrected chi connectivity index (χ3v) is 7.27. The van der Waals surface area contributed by atoms with Gasteiger partial charge in [0, 0.05) is 17.1 Å². The van der Waals surface area contributed by atoms with E-state index in [4.69, 9.17) is 14.8 Å². The van der Waals surface area contributed by atoms with E-state index in [1.807, 2.05) is 24.3 Å². The van der Waals surface area contributed by atoms with Gasteiger partial charge in [-0.25, -0.2) is 14.4 Å². The maximum Gasteiger partial charge on any atom is 0.367 e. The minimum Gasteiger partial charge on any atom is -0.383 e. The third-order valence-electron chi connectivity index (χ3n) is 4.94. The Hall–Kier alpha value is -3.13. The Morgan fingerprint density at radius 1 is 1.03 bits per heavy atom. The van der Waals surface area contributed by atoms with Crippen LogP contribution in [0.2, 0.25) is 0 Å². The van der Waals surface area contributed by atoms with Gasteiger partial charge in [0.1, 0.15) is 22.6 Å². The molecule has 0 unspecified atom stereocenters. The smallest absolute Gasteiger partial charge is 0.367 e. The van der Waals surface area contributed by atoms with Crippen LogP contribution in [-0.2, 0) is 20.2 Å². The Morgan fingerprint density at radius 3 is 2.32 bits per heavy atom. The van der Waals surface area contributed by atoms with Crippen molar-refractivity contribution in [3.63, 3.8) is 0 Å². The van der Waals surface area contributed by atoms with Gasteiger partial charge in [0.05, 0.1) is 24.3 Å². The largest absolute Gasteiger partial charge is 0.383 e. The molecule has 34 heavy (non-hydrogen) atoms. The summed E-state index contributed by atoms with van der Waals surface area (Å²) in [7, 11) is -3.74. The van der Waals surface area contributed by atoms with Crippen molar-refractivity contribution in [1.29, 1.82) is 0 Å². The highest BCUT2D eigenvalue weighted by Gasteiger charge is 2.34. The fraction of sp³-hybridized carbons (Fsp3) is 0.292. The minimum absolute atomic E-state index is 0.0117. The topological polar surface area (TPSA) is 105 Å². The number of para-hydroxylation sites is 1. The van der Waals surface area contributed by atoms with E-state index in [1.54, 1.807) is 50.6 Å². The number of benzene rings is 2. The first-order chi connectivity index (χ1) is 16.2. The number of fused-ring (bicyclic) bond motifs is 1. The Balaban J connectivity index is 1.78.